The fraction of sp³-hybridized carbons (Fsp3) is 0.529. The molecular formula is C17H26N2O7S. The molecule has 0 aliphatic carbocycles. The summed E-state index contributed by atoms with van der Waals surface area (Å²) in [5.41, 5.74) is 0. The number of amides is 1. The molecule has 0 spiro atoms. The highest BCUT2D eigenvalue weighted by molar-refractivity contribution is 7.89. The SMILES string of the molecule is CCCC[C@H](NC(=O)[C@H](C)NS(=O)(=O)c1ccc(OC)c(OC)c1)C(=O)O. The van der Waals surface area contributed by atoms with E-state index in [1.165, 1.54) is 39.3 Å². The molecule has 1 amide bonds. The van der Waals surface area contributed by atoms with Gasteiger partial charge in [0.15, 0.2) is 11.5 Å². The number of sulfonamides is 1. The molecule has 0 radical (unpaired) electrons. The van der Waals surface area contributed by atoms with Gasteiger partial charge in [-0.15, -0.1) is 0 Å². The highest BCUT2D eigenvalue weighted by Crippen LogP contribution is 2.29. The van der Waals surface area contributed by atoms with Gasteiger partial charge in [-0.1, -0.05) is 19.8 Å². The third-order valence-corrected chi connectivity index (χ3v) is 5.39. The predicted octanol–water partition coefficient (Wildman–Crippen LogP) is 1.13. The second-order valence-electron chi connectivity index (χ2n) is 5.90. The molecule has 1 aromatic rings. The molecule has 3 N–H and O–H groups in total. The summed E-state index contributed by atoms with van der Waals surface area (Å²) in [5, 5.41) is 11.5. The highest BCUT2D eigenvalue weighted by atomic mass is 32.2. The van der Waals surface area contributed by atoms with Gasteiger partial charge in [0.05, 0.1) is 25.2 Å². The minimum Gasteiger partial charge on any atom is -0.493 e. The number of carboxylic acids is 1. The summed E-state index contributed by atoms with van der Waals surface area (Å²) >= 11 is 0. The van der Waals surface area contributed by atoms with Crippen LogP contribution < -0.4 is 19.5 Å². The first-order chi connectivity index (χ1) is 12.7. The van der Waals surface area contributed by atoms with E-state index in [9.17, 15) is 18.0 Å². The Morgan fingerprint density at radius 2 is 1.81 bits per heavy atom. The van der Waals surface area contributed by atoms with Crippen molar-refractivity contribution >= 4 is 21.9 Å². The number of nitrogens with one attached hydrogen (secondary N) is 2. The van der Waals surface area contributed by atoms with Gasteiger partial charge in [0.25, 0.3) is 0 Å². The number of unbranched alkanes of at least 4 members (excludes halogenated alkanes) is 1. The molecule has 27 heavy (non-hydrogen) atoms. The first kappa shape index (κ1) is 22.7. The van der Waals surface area contributed by atoms with E-state index in [1.54, 1.807) is 0 Å². The van der Waals surface area contributed by atoms with Crippen LogP contribution in [0.1, 0.15) is 33.1 Å². The standard InChI is InChI=1S/C17H26N2O7S/c1-5-6-7-13(17(21)22)18-16(20)11(2)19-27(23,24)12-8-9-14(25-3)15(10-12)26-4/h8-11,13,19H,5-7H2,1-4H3,(H,18,20)(H,21,22)/t11-,13-/m0/s1. The van der Waals surface area contributed by atoms with Crippen LogP contribution in [0.15, 0.2) is 23.1 Å². The highest BCUT2D eigenvalue weighted by Gasteiger charge is 2.26. The summed E-state index contributed by atoms with van der Waals surface area (Å²) < 4.78 is 37.4. The third-order valence-electron chi connectivity index (χ3n) is 3.85. The summed E-state index contributed by atoms with van der Waals surface area (Å²) in [5.74, 6) is -1.29. The molecule has 9 nitrogen and oxygen atoms in total. The van der Waals surface area contributed by atoms with Gasteiger partial charge in [-0.2, -0.15) is 4.72 Å². The van der Waals surface area contributed by atoms with Crippen molar-refractivity contribution in [2.45, 2.75) is 50.1 Å². The summed E-state index contributed by atoms with van der Waals surface area (Å²) in [6, 6.07) is 1.79. The van der Waals surface area contributed by atoms with Crippen LogP contribution in [-0.4, -0.2) is 51.7 Å². The van der Waals surface area contributed by atoms with Gasteiger partial charge in [0.2, 0.25) is 15.9 Å². The van der Waals surface area contributed by atoms with E-state index in [-0.39, 0.29) is 17.1 Å². The van der Waals surface area contributed by atoms with Crippen molar-refractivity contribution in [2.75, 3.05) is 14.2 Å². The number of carbonyl (C=O) groups is 2. The molecule has 0 saturated carbocycles. The van der Waals surface area contributed by atoms with Crippen molar-refractivity contribution in [1.29, 1.82) is 0 Å². The molecule has 0 unspecified atom stereocenters. The molecule has 0 aromatic heterocycles. The van der Waals surface area contributed by atoms with Crippen LogP contribution in [0, 0.1) is 0 Å². The van der Waals surface area contributed by atoms with Crippen LogP contribution in [0.2, 0.25) is 0 Å². The molecule has 152 valence electrons. The molecular weight excluding hydrogens is 376 g/mol. The van der Waals surface area contributed by atoms with Crippen molar-refractivity contribution in [3.05, 3.63) is 18.2 Å². The minimum absolute atomic E-state index is 0.111. The smallest absolute Gasteiger partial charge is 0.326 e. The first-order valence-corrected chi connectivity index (χ1v) is 9.92. The largest absolute Gasteiger partial charge is 0.493 e. The average Bonchev–Trinajstić information content (AvgIpc) is 2.63. The predicted molar refractivity (Wildman–Crippen MR) is 98.4 cm³/mol. The fourth-order valence-corrected chi connectivity index (χ4v) is 3.52. The van der Waals surface area contributed by atoms with E-state index in [1.807, 2.05) is 6.92 Å². The number of methoxy groups -OCH3 is 2. The van der Waals surface area contributed by atoms with Crippen molar-refractivity contribution in [2.24, 2.45) is 0 Å². The van der Waals surface area contributed by atoms with Gasteiger partial charge in [0, 0.05) is 6.07 Å². The number of carboxylic acid groups (broad SMARTS) is 1. The van der Waals surface area contributed by atoms with Gasteiger partial charge in [-0.3, -0.25) is 4.79 Å². The van der Waals surface area contributed by atoms with Gasteiger partial charge in [-0.05, 0) is 25.5 Å². The Morgan fingerprint density at radius 3 is 2.33 bits per heavy atom. The Balaban J connectivity index is 2.88. The maximum absolute atomic E-state index is 12.5. The molecule has 0 bridgehead atoms. The molecule has 1 aromatic carbocycles. The lowest BCUT2D eigenvalue weighted by Gasteiger charge is -2.19. The van der Waals surface area contributed by atoms with E-state index in [4.69, 9.17) is 14.6 Å². The average molecular weight is 402 g/mol. The van der Waals surface area contributed by atoms with Crippen molar-refractivity contribution < 1.29 is 32.6 Å². The molecule has 0 aliphatic heterocycles. The van der Waals surface area contributed by atoms with Crippen LogP contribution in [0.4, 0.5) is 0 Å². The maximum atomic E-state index is 12.5. The first-order valence-electron chi connectivity index (χ1n) is 8.43. The second kappa shape index (κ2) is 10.1. The second-order valence-corrected chi connectivity index (χ2v) is 7.62. The quantitative estimate of drug-likeness (QED) is 0.506. The van der Waals surface area contributed by atoms with Crippen LogP contribution in [0.5, 0.6) is 11.5 Å². The number of hydrogen-bond acceptors (Lipinski definition) is 6. The maximum Gasteiger partial charge on any atom is 0.326 e. The van der Waals surface area contributed by atoms with E-state index >= 15 is 0 Å². The minimum atomic E-state index is -4.03. The number of carbonyl (C=O) groups excluding carboxylic acids is 1. The van der Waals surface area contributed by atoms with Crippen LogP contribution in [-0.2, 0) is 19.6 Å². The molecule has 0 saturated heterocycles. The van der Waals surface area contributed by atoms with E-state index in [0.29, 0.717) is 12.2 Å². The zero-order chi connectivity index (χ0) is 20.6. The Morgan fingerprint density at radius 1 is 1.19 bits per heavy atom. The summed E-state index contributed by atoms with van der Waals surface area (Å²) in [6.07, 6.45) is 1.68. The summed E-state index contributed by atoms with van der Waals surface area (Å²) in [4.78, 5) is 23.3. The Kier molecular flexibility index (Phi) is 8.51. The molecule has 10 heteroatoms. The fourth-order valence-electron chi connectivity index (χ4n) is 2.30. The number of ether oxygens (including phenoxy) is 2. The molecule has 0 fully saturated rings. The molecule has 1 rings (SSSR count). The zero-order valence-corrected chi connectivity index (χ0v) is 16.6. The normalized spacial score (nSPS) is 13.5. The van der Waals surface area contributed by atoms with E-state index in [0.717, 1.165) is 6.42 Å². The van der Waals surface area contributed by atoms with Crippen molar-refractivity contribution in [3.8, 4) is 11.5 Å². The van der Waals surface area contributed by atoms with Gasteiger partial charge < -0.3 is 19.9 Å². The topological polar surface area (TPSA) is 131 Å². The molecule has 0 heterocycles. The third kappa shape index (κ3) is 6.40. The summed E-state index contributed by atoms with van der Waals surface area (Å²) in [6.45, 7) is 3.24. The lowest BCUT2D eigenvalue weighted by molar-refractivity contribution is -0.142. The number of rotatable bonds is 11. The van der Waals surface area contributed by atoms with Gasteiger partial charge >= 0.3 is 5.97 Å². The number of aliphatic carboxylic acids is 1. The molecule has 0 aliphatic rings. The van der Waals surface area contributed by atoms with Gasteiger partial charge in [0.1, 0.15) is 6.04 Å². The Hall–Kier alpha value is -2.33. The lowest BCUT2D eigenvalue weighted by atomic mass is 10.1. The lowest BCUT2D eigenvalue weighted by Crippen LogP contribution is -2.50. The van der Waals surface area contributed by atoms with E-state index in [2.05, 4.69) is 10.0 Å². The van der Waals surface area contributed by atoms with Crippen LogP contribution in [0.25, 0.3) is 0 Å². The van der Waals surface area contributed by atoms with Crippen LogP contribution >= 0.6 is 0 Å². The van der Waals surface area contributed by atoms with Gasteiger partial charge in [-0.25, -0.2) is 13.2 Å². The summed E-state index contributed by atoms with van der Waals surface area (Å²) in [7, 11) is -1.23. The van der Waals surface area contributed by atoms with Crippen LogP contribution in [0.3, 0.4) is 0 Å². The Labute approximate surface area is 159 Å². The molecule has 2 atom stereocenters. The number of hydrogen-bond donors (Lipinski definition) is 3. The van der Waals surface area contributed by atoms with E-state index < -0.39 is 34.0 Å². The van der Waals surface area contributed by atoms with Crippen molar-refractivity contribution in [1.82, 2.24) is 10.0 Å². The monoisotopic (exact) mass is 402 g/mol. The zero-order valence-electron chi connectivity index (χ0n) is 15.8. The van der Waals surface area contributed by atoms with Crippen molar-refractivity contribution in [3.63, 3.8) is 0 Å². The Bertz CT molecular complexity index is 765. The number of benzene rings is 1.